The van der Waals surface area contributed by atoms with E-state index in [1.807, 2.05) is 6.92 Å². The number of nitrogens with two attached hydrogens (primary N) is 1. The van der Waals surface area contributed by atoms with Crippen LogP contribution in [0.1, 0.15) is 23.7 Å². The van der Waals surface area contributed by atoms with Gasteiger partial charge in [-0.15, -0.1) is 11.8 Å². The van der Waals surface area contributed by atoms with Crippen molar-refractivity contribution in [3.63, 3.8) is 0 Å². The van der Waals surface area contributed by atoms with Crippen molar-refractivity contribution in [1.82, 2.24) is 0 Å². The molecule has 1 aliphatic rings. The first-order valence-corrected chi connectivity index (χ1v) is 6.37. The number of thioether (sulfide) groups is 1. The summed E-state index contributed by atoms with van der Waals surface area (Å²) in [5.74, 6) is -0.953. The topological polar surface area (TPSA) is 72.5 Å². The van der Waals surface area contributed by atoms with Crippen molar-refractivity contribution in [2.75, 3.05) is 12.3 Å². The summed E-state index contributed by atoms with van der Waals surface area (Å²) < 4.78 is 5.48. The van der Waals surface area contributed by atoms with Crippen molar-refractivity contribution in [2.45, 2.75) is 29.6 Å². The van der Waals surface area contributed by atoms with Gasteiger partial charge in [0, 0.05) is 22.4 Å². The smallest absolute Gasteiger partial charge is 0.335 e. The van der Waals surface area contributed by atoms with Gasteiger partial charge in [0.05, 0.1) is 11.7 Å². The predicted molar refractivity (Wildman–Crippen MR) is 67.5 cm³/mol. The number of hydrogen-bond acceptors (Lipinski definition) is 4. The lowest BCUT2D eigenvalue weighted by Crippen LogP contribution is -2.13. The maximum Gasteiger partial charge on any atom is 0.335 e. The minimum absolute atomic E-state index is 0.221. The second kappa shape index (κ2) is 4.98. The van der Waals surface area contributed by atoms with Crippen molar-refractivity contribution < 1.29 is 14.6 Å². The van der Waals surface area contributed by atoms with Crippen molar-refractivity contribution in [2.24, 2.45) is 0 Å². The van der Waals surface area contributed by atoms with Gasteiger partial charge in [-0.3, -0.25) is 0 Å². The van der Waals surface area contributed by atoms with E-state index in [9.17, 15) is 4.79 Å². The number of carboxylic acid groups (broad SMARTS) is 1. The van der Waals surface area contributed by atoms with Crippen LogP contribution >= 0.6 is 11.8 Å². The minimum atomic E-state index is -0.953. The van der Waals surface area contributed by atoms with Crippen LogP contribution in [0, 0.1) is 0 Å². The zero-order chi connectivity index (χ0) is 12.4. The average Bonchev–Trinajstić information content (AvgIpc) is 2.67. The first-order chi connectivity index (χ1) is 8.08. The van der Waals surface area contributed by atoms with E-state index in [1.165, 1.54) is 6.07 Å². The molecule has 1 fully saturated rings. The van der Waals surface area contributed by atoms with Gasteiger partial charge in [-0.05, 0) is 31.5 Å². The van der Waals surface area contributed by atoms with E-state index in [0.29, 0.717) is 10.9 Å². The number of ether oxygens (including phenoxy) is 1. The van der Waals surface area contributed by atoms with E-state index in [4.69, 9.17) is 15.6 Å². The Morgan fingerprint density at radius 2 is 2.35 bits per heavy atom. The first kappa shape index (κ1) is 12.3. The Morgan fingerprint density at radius 1 is 1.59 bits per heavy atom. The molecule has 0 spiro atoms. The Kier molecular flexibility index (Phi) is 3.59. The Bertz CT molecular complexity index is 436. The van der Waals surface area contributed by atoms with Gasteiger partial charge in [0.25, 0.3) is 0 Å². The van der Waals surface area contributed by atoms with Crippen LogP contribution in [0.2, 0.25) is 0 Å². The van der Waals surface area contributed by atoms with Crippen molar-refractivity contribution in [3.05, 3.63) is 23.8 Å². The summed E-state index contributed by atoms with van der Waals surface area (Å²) in [6.07, 6.45) is 1.23. The van der Waals surface area contributed by atoms with Gasteiger partial charge in [-0.25, -0.2) is 4.79 Å². The summed E-state index contributed by atoms with van der Waals surface area (Å²) in [5, 5.41) is 9.24. The molecule has 3 N–H and O–H groups in total. The van der Waals surface area contributed by atoms with Gasteiger partial charge in [0.2, 0.25) is 0 Å². The molecule has 2 rings (SSSR count). The molecule has 5 heteroatoms. The summed E-state index contributed by atoms with van der Waals surface area (Å²) in [7, 11) is 0. The van der Waals surface area contributed by atoms with Crippen LogP contribution in [-0.4, -0.2) is 29.0 Å². The number of carboxylic acids is 1. The molecule has 17 heavy (non-hydrogen) atoms. The van der Waals surface area contributed by atoms with Crippen LogP contribution in [-0.2, 0) is 4.74 Å². The largest absolute Gasteiger partial charge is 0.478 e. The lowest BCUT2D eigenvalue weighted by atomic mass is 10.2. The molecule has 1 aromatic rings. The van der Waals surface area contributed by atoms with Crippen LogP contribution in [0.25, 0.3) is 0 Å². The van der Waals surface area contributed by atoms with Gasteiger partial charge in [-0.2, -0.15) is 0 Å². The standard InChI is InChI=1S/C12H15NO3S/c1-7-10(4-5-16-7)17-11-3-2-8(12(14)15)6-9(11)13/h2-3,6-7,10H,4-5,13H2,1H3,(H,14,15). The first-order valence-electron chi connectivity index (χ1n) is 5.49. The van der Waals surface area contributed by atoms with E-state index in [-0.39, 0.29) is 11.7 Å². The van der Waals surface area contributed by atoms with Crippen LogP contribution in [0.15, 0.2) is 23.1 Å². The lowest BCUT2D eigenvalue weighted by molar-refractivity contribution is 0.0697. The fourth-order valence-corrected chi connectivity index (χ4v) is 2.97. The van der Waals surface area contributed by atoms with E-state index < -0.39 is 5.97 Å². The van der Waals surface area contributed by atoms with Gasteiger partial charge < -0.3 is 15.6 Å². The average molecular weight is 253 g/mol. The van der Waals surface area contributed by atoms with Gasteiger partial charge >= 0.3 is 5.97 Å². The summed E-state index contributed by atoms with van der Waals surface area (Å²) in [4.78, 5) is 11.7. The minimum Gasteiger partial charge on any atom is -0.478 e. The number of rotatable bonds is 3. The van der Waals surface area contributed by atoms with Crippen LogP contribution in [0.3, 0.4) is 0 Å². The van der Waals surface area contributed by atoms with Crippen molar-refractivity contribution in [3.8, 4) is 0 Å². The fourth-order valence-electron chi connectivity index (χ4n) is 1.82. The highest BCUT2D eigenvalue weighted by atomic mass is 32.2. The van der Waals surface area contributed by atoms with Crippen LogP contribution in [0.4, 0.5) is 5.69 Å². The second-order valence-corrected chi connectivity index (χ2v) is 5.36. The molecular formula is C12H15NO3S. The molecule has 1 aliphatic heterocycles. The summed E-state index contributed by atoms with van der Waals surface area (Å²) >= 11 is 1.66. The molecule has 0 bridgehead atoms. The zero-order valence-corrected chi connectivity index (χ0v) is 10.4. The highest BCUT2D eigenvalue weighted by Gasteiger charge is 2.25. The molecule has 0 aliphatic carbocycles. The Hall–Kier alpha value is -1.20. The fraction of sp³-hybridized carbons (Fsp3) is 0.417. The summed E-state index contributed by atoms with van der Waals surface area (Å²) in [6, 6.07) is 4.86. The van der Waals surface area contributed by atoms with E-state index in [1.54, 1.807) is 23.9 Å². The summed E-state index contributed by atoms with van der Waals surface area (Å²) in [5.41, 5.74) is 6.60. The molecule has 92 valence electrons. The quantitative estimate of drug-likeness (QED) is 0.808. The third-order valence-corrected chi connectivity index (χ3v) is 4.39. The SMILES string of the molecule is CC1OCCC1Sc1ccc(C(=O)O)cc1N. The molecule has 0 saturated carbocycles. The van der Waals surface area contributed by atoms with Gasteiger partial charge in [-0.1, -0.05) is 0 Å². The number of nitrogen functional groups attached to an aromatic ring is 1. The molecule has 1 saturated heterocycles. The Labute approximate surface area is 104 Å². The van der Waals surface area contributed by atoms with Crippen LogP contribution < -0.4 is 5.73 Å². The highest BCUT2D eigenvalue weighted by Crippen LogP contribution is 2.35. The van der Waals surface area contributed by atoms with Crippen LogP contribution in [0.5, 0.6) is 0 Å². The van der Waals surface area contributed by atoms with Gasteiger partial charge in [0.15, 0.2) is 0 Å². The van der Waals surface area contributed by atoms with Gasteiger partial charge in [0.1, 0.15) is 0 Å². The van der Waals surface area contributed by atoms with E-state index in [2.05, 4.69) is 0 Å². The zero-order valence-electron chi connectivity index (χ0n) is 9.55. The molecule has 0 amide bonds. The normalized spacial score (nSPS) is 23.8. The third-order valence-electron chi connectivity index (χ3n) is 2.84. The molecule has 1 aromatic carbocycles. The van der Waals surface area contributed by atoms with E-state index in [0.717, 1.165) is 17.9 Å². The maximum atomic E-state index is 10.8. The number of carbonyl (C=O) groups is 1. The van der Waals surface area contributed by atoms with E-state index >= 15 is 0 Å². The molecule has 0 aromatic heterocycles. The molecule has 4 nitrogen and oxygen atoms in total. The lowest BCUT2D eigenvalue weighted by Gasteiger charge is -2.14. The number of benzene rings is 1. The number of aromatic carboxylic acids is 1. The summed E-state index contributed by atoms with van der Waals surface area (Å²) in [6.45, 7) is 2.83. The Morgan fingerprint density at radius 3 is 2.88 bits per heavy atom. The monoisotopic (exact) mass is 253 g/mol. The molecular weight excluding hydrogens is 238 g/mol. The molecule has 0 radical (unpaired) electrons. The Balaban J connectivity index is 2.14. The molecule has 1 heterocycles. The molecule has 2 unspecified atom stereocenters. The predicted octanol–water partition coefficient (Wildman–Crippen LogP) is 2.24. The van der Waals surface area contributed by atoms with Crippen molar-refractivity contribution >= 4 is 23.4 Å². The third kappa shape index (κ3) is 2.73. The second-order valence-electron chi connectivity index (χ2n) is 4.08. The number of hydrogen-bond donors (Lipinski definition) is 2. The number of anilines is 1. The molecule has 2 atom stereocenters. The maximum absolute atomic E-state index is 10.8. The highest BCUT2D eigenvalue weighted by molar-refractivity contribution is 8.00. The van der Waals surface area contributed by atoms with Crippen molar-refractivity contribution in [1.29, 1.82) is 0 Å².